The van der Waals surface area contributed by atoms with E-state index in [1.165, 1.54) is 16.0 Å². The molecule has 0 saturated heterocycles. The third-order valence-electron chi connectivity index (χ3n) is 2.82. The topological polar surface area (TPSA) is 71.6 Å². The van der Waals surface area contributed by atoms with Crippen molar-refractivity contribution in [2.45, 2.75) is 12.8 Å². The van der Waals surface area contributed by atoms with E-state index in [2.05, 4.69) is 41.1 Å². The second-order valence-electron chi connectivity index (χ2n) is 3.95. The summed E-state index contributed by atoms with van der Waals surface area (Å²) in [4.78, 5) is 5.96. The smallest absolute Gasteiger partial charge is 0.0861 e. The van der Waals surface area contributed by atoms with Crippen molar-refractivity contribution in [2.75, 3.05) is 0 Å². The van der Waals surface area contributed by atoms with Crippen molar-refractivity contribution in [1.29, 1.82) is 0 Å². The second-order valence-corrected chi connectivity index (χ2v) is 3.95. The minimum absolute atomic E-state index is 0.922. The molecule has 0 amide bonds. The van der Waals surface area contributed by atoms with Crippen LogP contribution in [0.2, 0.25) is 0 Å². The first-order chi connectivity index (χ1) is 9.36. The Balaban J connectivity index is 0.000000408. The number of hydrogen-bond donors (Lipinski definition) is 0. The van der Waals surface area contributed by atoms with Gasteiger partial charge in [0.15, 0.2) is 0 Å². The molecule has 0 N–H and O–H groups in total. The van der Waals surface area contributed by atoms with E-state index in [4.69, 9.17) is 11.1 Å². The molecule has 0 bridgehead atoms. The Morgan fingerprint density at radius 1 is 1.11 bits per heavy atom. The van der Waals surface area contributed by atoms with Crippen LogP contribution in [0.25, 0.3) is 27.2 Å². The predicted molar refractivity (Wildman–Crippen MR) is 74.9 cm³/mol. The highest BCUT2D eigenvalue weighted by Crippen LogP contribution is 2.26. The van der Waals surface area contributed by atoms with Gasteiger partial charge in [-0.05, 0) is 24.1 Å². The molecule has 4 nitrogen and oxygen atoms in total. The van der Waals surface area contributed by atoms with E-state index < -0.39 is 0 Å². The summed E-state index contributed by atoms with van der Waals surface area (Å²) < 4.78 is 0. The van der Waals surface area contributed by atoms with Crippen LogP contribution in [0.4, 0.5) is 0 Å². The van der Waals surface area contributed by atoms with Gasteiger partial charge < -0.3 is 11.1 Å². The highest BCUT2D eigenvalue weighted by atomic mass is 15.0. The Bertz CT molecular complexity index is 674. The lowest BCUT2D eigenvalue weighted by atomic mass is 9.96. The second kappa shape index (κ2) is 6.25. The van der Waals surface area contributed by atoms with E-state index in [0.717, 1.165) is 24.1 Å². The third kappa shape index (κ3) is 2.92. The largest absolute Gasteiger partial charge is 0.373 e. The van der Waals surface area contributed by atoms with E-state index >= 15 is 0 Å². The lowest BCUT2D eigenvalue weighted by Crippen LogP contribution is -1.96. The van der Waals surface area contributed by atoms with Crippen molar-refractivity contribution < 1.29 is 0 Å². The molecule has 1 aliphatic rings. The minimum atomic E-state index is 0.922. The van der Waals surface area contributed by atoms with E-state index in [1.54, 1.807) is 0 Å². The summed E-state index contributed by atoms with van der Waals surface area (Å²) in [6.45, 7) is 0. The van der Waals surface area contributed by atoms with Crippen molar-refractivity contribution in [2.24, 2.45) is 0 Å². The Morgan fingerprint density at radius 2 is 1.89 bits per heavy atom. The summed E-state index contributed by atoms with van der Waals surface area (Å²) in [6.07, 6.45) is 3.77. The molecule has 0 unspecified atom stereocenters. The van der Waals surface area contributed by atoms with Gasteiger partial charge in [-0.3, -0.25) is 9.90 Å². The molecule has 19 heavy (non-hydrogen) atoms. The summed E-state index contributed by atoms with van der Waals surface area (Å²) >= 11 is 0. The number of aryl methyl sites for hydroxylation is 1. The molecule has 92 valence electrons. The molecule has 1 heterocycles. The van der Waals surface area contributed by atoms with Gasteiger partial charge in [-0.25, -0.2) is 0 Å². The Hall–Kier alpha value is -2.76. The molecule has 3 rings (SSSR count). The SMILES string of the molecule is C1#Cc2cccnc2-c2ccccc2CC1.[N-]=[N+]=[N-]. The van der Waals surface area contributed by atoms with Crippen LogP contribution in [0.5, 0.6) is 0 Å². The molecule has 0 spiro atoms. The normalized spacial score (nSPS) is 10.9. The summed E-state index contributed by atoms with van der Waals surface area (Å²) in [5, 5.41) is 0. The highest BCUT2D eigenvalue weighted by molar-refractivity contribution is 5.70. The van der Waals surface area contributed by atoms with Gasteiger partial charge in [0, 0.05) is 18.2 Å². The molecule has 0 atom stereocenters. The van der Waals surface area contributed by atoms with Crippen LogP contribution in [0.1, 0.15) is 17.5 Å². The van der Waals surface area contributed by atoms with Gasteiger partial charge in [0.2, 0.25) is 0 Å². The number of aromatic nitrogens is 1. The maximum absolute atomic E-state index is 6.75. The number of fused-ring (bicyclic) bond motifs is 3. The molecule has 4 heteroatoms. The van der Waals surface area contributed by atoms with Crippen LogP contribution in [-0.4, -0.2) is 4.98 Å². The van der Waals surface area contributed by atoms with Crippen LogP contribution in [0, 0.1) is 11.8 Å². The van der Waals surface area contributed by atoms with Crippen molar-refractivity contribution in [3.63, 3.8) is 0 Å². The maximum Gasteiger partial charge on any atom is 0.0861 e. The summed E-state index contributed by atoms with van der Waals surface area (Å²) in [7, 11) is 0. The van der Waals surface area contributed by atoms with Gasteiger partial charge in [0.05, 0.1) is 11.3 Å². The average molecular weight is 247 g/mol. The standard InChI is InChI=1S/C15H11N.N3/c1-2-8-13-9-5-11-16-15(13)14-10-4-3-7-12(14)6-1;1-3-2/h3-5,7,9-11H,1,6H2;/q;-1. The first-order valence-corrected chi connectivity index (χ1v) is 5.87. The number of rotatable bonds is 0. The molecule has 0 aliphatic heterocycles. The molecule has 1 aliphatic carbocycles. The average Bonchev–Trinajstić information content (AvgIpc) is 2.43. The fourth-order valence-electron chi connectivity index (χ4n) is 2.05. The first-order valence-electron chi connectivity index (χ1n) is 5.87. The zero-order chi connectivity index (χ0) is 13.5. The predicted octanol–water partition coefficient (Wildman–Crippen LogP) is 3.91. The van der Waals surface area contributed by atoms with Crippen LogP contribution in [-0.2, 0) is 6.42 Å². The Kier molecular flexibility index (Phi) is 4.17. The number of nitrogens with zero attached hydrogens (tertiary/aromatic N) is 4. The summed E-state index contributed by atoms with van der Waals surface area (Å²) in [5.74, 6) is 6.39. The van der Waals surface area contributed by atoms with Crippen LogP contribution in [0.3, 0.4) is 0 Å². The number of benzene rings is 1. The molecular weight excluding hydrogens is 236 g/mol. The van der Waals surface area contributed by atoms with Crippen LogP contribution < -0.4 is 0 Å². The lowest BCUT2D eigenvalue weighted by molar-refractivity contribution is 1.02. The fourth-order valence-corrected chi connectivity index (χ4v) is 2.05. The Labute approximate surface area is 111 Å². The van der Waals surface area contributed by atoms with Crippen molar-refractivity contribution in [3.05, 3.63) is 69.7 Å². The molecule has 1 aromatic heterocycles. The minimum Gasteiger partial charge on any atom is -0.373 e. The fraction of sp³-hybridized carbons (Fsp3) is 0.133. The van der Waals surface area contributed by atoms with E-state index in [1.807, 2.05) is 18.3 Å². The molecule has 0 saturated carbocycles. The maximum atomic E-state index is 6.75. The zero-order valence-corrected chi connectivity index (χ0v) is 10.2. The monoisotopic (exact) mass is 247 g/mol. The van der Waals surface area contributed by atoms with E-state index in [0.29, 0.717) is 0 Å². The van der Waals surface area contributed by atoms with E-state index in [-0.39, 0.29) is 0 Å². The van der Waals surface area contributed by atoms with Crippen LogP contribution in [0.15, 0.2) is 42.6 Å². The van der Waals surface area contributed by atoms with Gasteiger partial charge in [-0.1, -0.05) is 36.1 Å². The first kappa shape index (κ1) is 12.7. The summed E-state index contributed by atoms with van der Waals surface area (Å²) in [5.41, 5.74) is 18.1. The number of hydrogen-bond acceptors (Lipinski definition) is 1. The van der Waals surface area contributed by atoms with Crippen molar-refractivity contribution in [3.8, 4) is 23.1 Å². The third-order valence-corrected chi connectivity index (χ3v) is 2.82. The number of pyridine rings is 1. The summed E-state index contributed by atoms with van der Waals surface area (Å²) in [6, 6.07) is 12.4. The molecule has 2 aromatic rings. The molecular formula is C15H11N4-. The van der Waals surface area contributed by atoms with Gasteiger partial charge in [-0.2, -0.15) is 0 Å². The van der Waals surface area contributed by atoms with Gasteiger partial charge in [0.1, 0.15) is 0 Å². The van der Waals surface area contributed by atoms with Crippen molar-refractivity contribution in [1.82, 2.24) is 4.98 Å². The van der Waals surface area contributed by atoms with Crippen LogP contribution >= 0.6 is 0 Å². The van der Waals surface area contributed by atoms with Gasteiger partial charge in [0.25, 0.3) is 0 Å². The quantitative estimate of drug-likeness (QED) is 0.301. The lowest BCUT2D eigenvalue weighted by Gasteiger charge is -2.11. The highest BCUT2D eigenvalue weighted by Gasteiger charge is 2.10. The Morgan fingerprint density at radius 3 is 2.74 bits per heavy atom. The molecule has 0 radical (unpaired) electrons. The van der Waals surface area contributed by atoms with Crippen molar-refractivity contribution >= 4 is 0 Å². The molecule has 0 fully saturated rings. The van der Waals surface area contributed by atoms with Gasteiger partial charge >= 0.3 is 0 Å². The zero-order valence-electron chi connectivity index (χ0n) is 10.2. The molecule has 1 aromatic carbocycles. The van der Waals surface area contributed by atoms with E-state index in [9.17, 15) is 0 Å². The van der Waals surface area contributed by atoms with Gasteiger partial charge in [-0.15, -0.1) is 0 Å².